The second kappa shape index (κ2) is 5.08. The van der Waals surface area contributed by atoms with E-state index in [0.29, 0.717) is 13.2 Å². The first-order valence-electron chi connectivity index (χ1n) is 7.24. The van der Waals surface area contributed by atoms with Crippen LogP contribution < -0.4 is 0 Å². The molecule has 0 N–H and O–H groups in total. The Morgan fingerprint density at radius 1 is 0.810 bits per heavy atom. The van der Waals surface area contributed by atoms with Crippen molar-refractivity contribution < 1.29 is 9.50 Å². The van der Waals surface area contributed by atoms with Gasteiger partial charge in [-0.2, -0.15) is 0 Å². The van der Waals surface area contributed by atoms with Gasteiger partial charge in [-0.05, 0) is 0 Å². The standard InChI is InChI=1S/C18H20NO2/c1-17(15-9-5-3-6-10-15)13-21-14-18(2,19(17)20)16-11-7-4-8-12-16/h3-12H,13-14H2,1-2H3/q+1/t17-,18-/m0/s1. The summed E-state index contributed by atoms with van der Waals surface area (Å²) in [4.78, 5) is 13.2. The molecule has 1 aliphatic rings. The van der Waals surface area contributed by atoms with Gasteiger partial charge in [-0.3, -0.25) is 0 Å². The molecule has 0 spiro atoms. The molecule has 1 saturated heterocycles. The Balaban J connectivity index is 2.05. The predicted octanol–water partition coefficient (Wildman–Crippen LogP) is 3.63. The monoisotopic (exact) mass is 282 g/mol. The highest BCUT2D eigenvalue weighted by Gasteiger charge is 2.58. The molecule has 108 valence electrons. The second-order valence-electron chi connectivity index (χ2n) is 6.07. The van der Waals surface area contributed by atoms with E-state index in [2.05, 4.69) is 0 Å². The van der Waals surface area contributed by atoms with Crippen LogP contribution in [0.4, 0.5) is 0 Å². The van der Waals surface area contributed by atoms with Gasteiger partial charge in [0.15, 0.2) is 0 Å². The highest BCUT2D eigenvalue weighted by Crippen LogP contribution is 2.39. The minimum absolute atomic E-state index is 0.406. The van der Waals surface area contributed by atoms with Gasteiger partial charge in [-0.25, -0.2) is 0 Å². The lowest BCUT2D eigenvalue weighted by Gasteiger charge is -2.36. The smallest absolute Gasteiger partial charge is 0.256 e. The van der Waals surface area contributed by atoms with Gasteiger partial charge in [0, 0.05) is 34.6 Å². The molecule has 3 nitrogen and oxygen atoms in total. The fourth-order valence-corrected chi connectivity index (χ4v) is 3.11. The van der Waals surface area contributed by atoms with Crippen molar-refractivity contribution in [3.8, 4) is 0 Å². The van der Waals surface area contributed by atoms with E-state index >= 15 is 0 Å². The van der Waals surface area contributed by atoms with Crippen molar-refractivity contribution in [3.05, 3.63) is 76.7 Å². The van der Waals surface area contributed by atoms with Crippen LogP contribution >= 0.6 is 0 Å². The van der Waals surface area contributed by atoms with Crippen molar-refractivity contribution in [1.82, 2.24) is 0 Å². The van der Waals surface area contributed by atoms with E-state index in [1.54, 1.807) is 0 Å². The third-order valence-corrected chi connectivity index (χ3v) is 4.45. The lowest BCUT2D eigenvalue weighted by molar-refractivity contribution is -0.725. The normalized spacial score (nSPS) is 29.3. The molecule has 0 radical (unpaired) electrons. The lowest BCUT2D eigenvalue weighted by atomic mass is 9.83. The molecule has 0 amide bonds. The second-order valence-corrected chi connectivity index (χ2v) is 6.07. The van der Waals surface area contributed by atoms with Crippen LogP contribution in [0.5, 0.6) is 0 Å². The summed E-state index contributed by atoms with van der Waals surface area (Å²) >= 11 is 0. The van der Waals surface area contributed by atoms with E-state index in [1.807, 2.05) is 74.5 Å². The maximum atomic E-state index is 13.2. The number of benzene rings is 2. The van der Waals surface area contributed by atoms with E-state index in [-0.39, 0.29) is 0 Å². The van der Waals surface area contributed by atoms with Crippen molar-refractivity contribution in [1.29, 1.82) is 0 Å². The Kier molecular flexibility index (Phi) is 3.38. The molecule has 1 fully saturated rings. The zero-order valence-corrected chi connectivity index (χ0v) is 12.5. The molecule has 3 heteroatoms. The highest BCUT2D eigenvalue weighted by atomic mass is 16.5. The summed E-state index contributed by atoms with van der Waals surface area (Å²) in [5, 5.41) is 0. The van der Waals surface area contributed by atoms with Crippen LogP contribution in [0.25, 0.3) is 0 Å². The molecule has 0 unspecified atom stereocenters. The molecule has 0 aliphatic carbocycles. The molecular weight excluding hydrogens is 262 g/mol. The molecule has 0 saturated carbocycles. The molecule has 1 heterocycles. The Morgan fingerprint density at radius 3 is 1.57 bits per heavy atom. The first-order chi connectivity index (χ1) is 10.1. The van der Waals surface area contributed by atoms with E-state index in [1.165, 1.54) is 4.76 Å². The first-order valence-corrected chi connectivity index (χ1v) is 7.24. The van der Waals surface area contributed by atoms with E-state index in [0.717, 1.165) is 11.1 Å². The quantitative estimate of drug-likeness (QED) is 0.787. The molecule has 2 atom stereocenters. The number of rotatable bonds is 2. The van der Waals surface area contributed by atoms with E-state index in [4.69, 9.17) is 4.74 Å². The van der Waals surface area contributed by atoms with Crippen molar-refractivity contribution >= 4 is 0 Å². The van der Waals surface area contributed by atoms with Crippen LogP contribution in [0.2, 0.25) is 0 Å². The molecule has 2 aromatic carbocycles. The van der Waals surface area contributed by atoms with Crippen molar-refractivity contribution in [2.45, 2.75) is 24.9 Å². The highest BCUT2D eigenvalue weighted by molar-refractivity contribution is 5.25. The van der Waals surface area contributed by atoms with Crippen LogP contribution in [0.15, 0.2) is 60.7 Å². The Morgan fingerprint density at radius 2 is 1.19 bits per heavy atom. The van der Waals surface area contributed by atoms with Crippen LogP contribution in [-0.4, -0.2) is 18.0 Å². The minimum atomic E-state index is -0.676. The molecule has 3 rings (SSSR count). The van der Waals surface area contributed by atoms with E-state index < -0.39 is 11.1 Å². The van der Waals surface area contributed by atoms with Crippen molar-refractivity contribution in [3.63, 3.8) is 0 Å². The van der Waals surface area contributed by atoms with Crippen LogP contribution in [0, 0.1) is 4.91 Å². The SMILES string of the molecule is C[C@@]1(c2ccccc2)COC[C@@](C)(c2ccccc2)[N+]1=O. The fourth-order valence-electron chi connectivity index (χ4n) is 3.11. The summed E-state index contributed by atoms with van der Waals surface area (Å²) in [6.07, 6.45) is 0. The third kappa shape index (κ3) is 2.18. The fraction of sp³-hybridized carbons (Fsp3) is 0.333. The predicted molar refractivity (Wildman–Crippen MR) is 82.0 cm³/mol. The van der Waals surface area contributed by atoms with Gasteiger partial charge in [-0.15, -0.1) is 0 Å². The number of hydrogen-bond acceptors (Lipinski definition) is 2. The van der Waals surface area contributed by atoms with Gasteiger partial charge in [0.05, 0.1) is 0 Å². The summed E-state index contributed by atoms with van der Waals surface area (Å²) in [6, 6.07) is 19.7. The average molecular weight is 282 g/mol. The molecule has 0 aromatic heterocycles. The largest absolute Gasteiger partial charge is 0.366 e. The summed E-state index contributed by atoms with van der Waals surface area (Å²) < 4.78 is 7.05. The summed E-state index contributed by atoms with van der Waals surface area (Å²) in [6.45, 7) is 4.72. The zero-order valence-electron chi connectivity index (χ0n) is 12.5. The van der Waals surface area contributed by atoms with Crippen molar-refractivity contribution in [2.24, 2.45) is 0 Å². The average Bonchev–Trinajstić information content (AvgIpc) is 2.54. The number of morpholine rings is 1. The van der Waals surface area contributed by atoms with Crippen molar-refractivity contribution in [2.75, 3.05) is 13.2 Å². The summed E-state index contributed by atoms with van der Waals surface area (Å²) in [5.41, 5.74) is 0.623. The van der Waals surface area contributed by atoms with Crippen LogP contribution in [-0.2, 0) is 15.8 Å². The van der Waals surface area contributed by atoms with Gasteiger partial charge < -0.3 is 4.74 Å². The van der Waals surface area contributed by atoms with Gasteiger partial charge in [0.25, 0.3) is 11.1 Å². The van der Waals surface area contributed by atoms with Gasteiger partial charge in [0.1, 0.15) is 13.2 Å². The first kappa shape index (κ1) is 14.0. The summed E-state index contributed by atoms with van der Waals surface area (Å²) in [7, 11) is 0. The molecule has 2 aromatic rings. The van der Waals surface area contributed by atoms with E-state index in [9.17, 15) is 4.91 Å². The minimum Gasteiger partial charge on any atom is -0.366 e. The van der Waals surface area contributed by atoms with Gasteiger partial charge in [-0.1, -0.05) is 60.7 Å². The Hall–Kier alpha value is -2.00. The molecule has 0 bridgehead atoms. The maximum absolute atomic E-state index is 13.2. The van der Waals surface area contributed by atoms with Crippen LogP contribution in [0.3, 0.4) is 0 Å². The topological polar surface area (TPSA) is 29.3 Å². The maximum Gasteiger partial charge on any atom is 0.256 e. The van der Waals surface area contributed by atoms with Gasteiger partial charge >= 0.3 is 0 Å². The molecule has 1 aliphatic heterocycles. The Labute approximate surface area is 125 Å². The number of nitrogens with zero attached hydrogens (tertiary/aromatic N) is 1. The molecular formula is C18H20NO2+. The van der Waals surface area contributed by atoms with Crippen LogP contribution in [0.1, 0.15) is 25.0 Å². The number of ether oxygens (including phenoxy) is 1. The third-order valence-electron chi connectivity index (χ3n) is 4.45. The Bertz CT molecular complexity index is 585. The number of nitroso groups, excluding NO2 is 1. The lowest BCUT2D eigenvalue weighted by Crippen LogP contribution is -2.56. The van der Waals surface area contributed by atoms with Gasteiger partial charge in [0.2, 0.25) is 0 Å². The number of hydrogen-bond donors (Lipinski definition) is 0. The molecule has 21 heavy (non-hydrogen) atoms. The summed E-state index contributed by atoms with van der Waals surface area (Å²) in [5.74, 6) is 0. The zero-order chi connectivity index (χ0) is 14.9.